The molecule has 0 aliphatic heterocycles. The number of oxime groups is 1. The number of nitrogens with zero attached hydrogens (tertiary/aromatic N) is 6. The molecule has 0 saturated carbocycles. The molecule has 0 aliphatic rings. The van der Waals surface area contributed by atoms with Crippen LogP contribution < -0.4 is 10.4 Å². The first-order valence-electron chi connectivity index (χ1n) is 19.6. The van der Waals surface area contributed by atoms with E-state index in [2.05, 4.69) is 145 Å². The van der Waals surface area contributed by atoms with Gasteiger partial charge in [0.15, 0.2) is 0 Å². The molecule has 0 bridgehead atoms. The Morgan fingerprint density at radius 1 is 0.574 bits per heavy atom. The van der Waals surface area contributed by atoms with E-state index < -0.39 is 0 Å². The lowest BCUT2D eigenvalue weighted by atomic mass is 10.0. The zero-order valence-electron chi connectivity index (χ0n) is 33.3. The largest absolute Gasteiger partial charge is 0.506 e. The number of nitrogens with one attached hydrogen (secondary N) is 1. The third-order valence-electron chi connectivity index (χ3n) is 9.72. The average Bonchev–Trinajstić information content (AvgIpc) is 3.31. The molecule has 61 heavy (non-hydrogen) atoms. The van der Waals surface area contributed by atoms with Gasteiger partial charge in [-0.05, 0) is 118 Å². The van der Waals surface area contributed by atoms with Gasteiger partial charge in [0, 0.05) is 29.5 Å². The number of rotatable bonds is 15. The highest BCUT2D eigenvalue weighted by molar-refractivity contribution is 5.95. The number of anilines is 4. The van der Waals surface area contributed by atoms with Gasteiger partial charge in [0.25, 0.3) is 0 Å². The topological polar surface area (TPSA) is 116 Å². The van der Waals surface area contributed by atoms with Crippen LogP contribution in [0.5, 0.6) is 5.75 Å². The molecule has 0 amide bonds. The van der Waals surface area contributed by atoms with E-state index in [1.807, 2.05) is 60.7 Å². The Morgan fingerprint density at radius 3 is 1.84 bits per heavy atom. The molecular weight excluding hydrogens is 759 g/mol. The molecule has 2 N–H and O–H groups in total. The third kappa shape index (κ3) is 10.2. The smallest absolute Gasteiger partial charge is 0.245 e. The summed E-state index contributed by atoms with van der Waals surface area (Å²) in [5.41, 5.74) is 14.0. The predicted molar refractivity (Wildman–Crippen MR) is 247 cm³/mol. The lowest BCUT2D eigenvalue weighted by molar-refractivity contribution is 0.125. The van der Waals surface area contributed by atoms with E-state index in [0.717, 1.165) is 55.9 Å². The number of fused-ring (bicyclic) bond motifs is 1. The van der Waals surface area contributed by atoms with Crippen molar-refractivity contribution in [3.05, 3.63) is 205 Å². The third-order valence-corrected chi connectivity index (χ3v) is 9.72. The molecule has 298 valence electrons. The van der Waals surface area contributed by atoms with Gasteiger partial charge in [-0.25, -0.2) is 5.48 Å². The number of hydrogen-bond donors (Lipinski definition) is 2. The van der Waals surface area contributed by atoms with Gasteiger partial charge in [-0.3, -0.25) is 0 Å². The first-order chi connectivity index (χ1) is 30.1. The monoisotopic (exact) mass is 799 g/mol. The molecule has 0 atom stereocenters. The van der Waals surface area contributed by atoms with E-state index >= 15 is 0 Å². The lowest BCUT2D eigenvalue weighted by Crippen LogP contribution is -2.09. The fraction of sp³-hybridized carbons (Fsp3) is 0.0392. The van der Waals surface area contributed by atoms with Crippen LogP contribution >= 0.6 is 0 Å². The van der Waals surface area contributed by atoms with Gasteiger partial charge in [-0.15, -0.1) is 5.11 Å². The summed E-state index contributed by atoms with van der Waals surface area (Å²) in [6, 6.07) is 62.2. The lowest BCUT2D eigenvalue weighted by Gasteiger charge is -2.25. The average molecular weight is 800 g/mol. The first-order valence-corrected chi connectivity index (χ1v) is 19.6. The molecule has 0 aliphatic carbocycles. The number of para-hydroxylation sites is 1. The van der Waals surface area contributed by atoms with Crippen LogP contribution in [0.4, 0.5) is 39.8 Å². The molecule has 0 radical (unpaired) electrons. The van der Waals surface area contributed by atoms with E-state index in [-0.39, 0.29) is 12.4 Å². The number of phenols is 1. The minimum atomic E-state index is 0.0345. The molecule has 8 rings (SSSR count). The Bertz CT molecular complexity index is 2790. The van der Waals surface area contributed by atoms with Crippen LogP contribution in [0.15, 0.2) is 214 Å². The van der Waals surface area contributed by atoms with E-state index in [1.165, 1.54) is 17.5 Å². The van der Waals surface area contributed by atoms with E-state index in [0.29, 0.717) is 11.4 Å². The van der Waals surface area contributed by atoms with Gasteiger partial charge in [0.05, 0.1) is 17.1 Å². The molecule has 0 fully saturated rings. The molecule has 10 nitrogen and oxygen atoms in total. The van der Waals surface area contributed by atoms with Crippen molar-refractivity contribution in [3.8, 4) is 16.9 Å². The van der Waals surface area contributed by atoms with Crippen molar-refractivity contribution < 1.29 is 14.8 Å². The van der Waals surface area contributed by atoms with Crippen molar-refractivity contribution in [1.29, 1.82) is 0 Å². The summed E-state index contributed by atoms with van der Waals surface area (Å²) >= 11 is 0. The van der Waals surface area contributed by atoms with Crippen LogP contribution in [0.25, 0.3) is 34.1 Å². The highest BCUT2D eigenvalue weighted by atomic mass is 16.7. The summed E-state index contributed by atoms with van der Waals surface area (Å²) in [6.45, 7) is 0.215. The SMILES string of the molecule is CN=Nc1ccc(N=Nc2c(O)ccc3cc(CON=CONc4ccc(C=Cc5ccc(N(c6ccccc6)c6ccc(-c7ccccc7)cc6)cc5)cc4)ccc23)cc1. The number of hydrogen-bond acceptors (Lipinski definition) is 10. The summed E-state index contributed by atoms with van der Waals surface area (Å²) < 4.78 is 0. The van der Waals surface area contributed by atoms with Crippen LogP contribution in [-0.4, -0.2) is 18.6 Å². The standard InChI is InChI=1S/C51H41N7O3/c1-52-54-43-24-26-44(27-25-43)55-56-51-49-32-18-39(34-42(49)21-33-50(51)59)35-60-53-36-61-57-45-22-14-37(15-23-45)12-13-38-16-28-47(29-17-38)58(46-10-6-3-7-11-46)48-30-19-41(20-31-48)40-8-4-2-5-9-40/h2-34,36,57,59H,35H2,1H3. The van der Waals surface area contributed by atoms with Gasteiger partial charge in [-0.2, -0.15) is 15.3 Å². The molecule has 8 aromatic carbocycles. The normalized spacial score (nSPS) is 11.6. The fourth-order valence-electron chi connectivity index (χ4n) is 6.66. The second-order valence-corrected chi connectivity index (χ2v) is 13.8. The van der Waals surface area contributed by atoms with Gasteiger partial charge in [-0.1, -0.05) is 120 Å². The summed E-state index contributed by atoms with van der Waals surface area (Å²) in [7, 11) is 1.61. The molecule has 0 heterocycles. The van der Waals surface area contributed by atoms with Crippen molar-refractivity contribution in [2.24, 2.45) is 25.6 Å². The van der Waals surface area contributed by atoms with Crippen molar-refractivity contribution in [1.82, 2.24) is 0 Å². The van der Waals surface area contributed by atoms with Gasteiger partial charge in [0.1, 0.15) is 18.0 Å². The molecule has 10 heteroatoms. The number of phenolic OH excluding ortho intramolecular Hbond substituents is 1. The second kappa shape index (κ2) is 19.4. The Kier molecular flexibility index (Phi) is 12.5. The highest BCUT2D eigenvalue weighted by Gasteiger charge is 2.13. The summed E-state index contributed by atoms with van der Waals surface area (Å²) in [6.07, 6.45) is 5.38. The Labute approximate surface area is 354 Å². The maximum atomic E-state index is 10.5. The summed E-state index contributed by atoms with van der Waals surface area (Å²) in [5.74, 6) is 0.0345. The molecular formula is C51H41N7O3. The Balaban J connectivity index is 0.824. The highest BCUT2D eigenvalue weighted by Crippen LogP contribution is 2.38. The Morgan fingerprint density at radius 2 is 1.16 bits per heavy atom. The molecule has 8 aromatic rings. The fourth-order valence-corrected chi connectivity index (χ4v) is 6.66. The number of benzene rings is 8. The van der Waals surface area contributed by atoms with E-state index in [9.17, 15) is 5.11 Å². The predicted octanol–water partition coefficient (Wildman–Crippen LogP) is 14.5. The van der Waals surface area contributed by atoms with Gasteiger partial charge >= 0.3 is 0 Å². The molecule has 0 unspecified atom stereocenters. The van der Waals surface area contributed by atoms with Crippen LogP contribution in [0.3, 0.4) is 0 Å². The molecule has 0 spiro atoms. The second-order valence-electron chi connectivity index (χ2n) is 13.8. The Hall–Kier alpha value is -8.37. The van der Waals surface area contributed by atoms with Crippen LogP contribution in [0, 0.1) is 0 Å². The summed E-state index contributed by atoms with van der Waals surface area (Å²) in [5, 5.41) is 32.4. The van der Waals surface area contributed by atoms with Crippen molar-refractivity contribution >= 4 is 69.1 Å². The zero-order chi connectivity index (χ0) is 41.6. The quantitative estimate of drug-likeness (QED) is 0.0352. The number of azo groups is 2. The maximum absolute atomic E-state index is 10.5. The first kappa shape index (κ1) is 39.5. The minimum Gasteiger partial charge on any atom is -0.506 e. The van der Waals surface area contributed by atoms with Crippen LogP contribution in [0.1, 0.15) is 16.7 Å². The van der Waals surface area contributed by atoms with Crippen molar-refractivity contribution in [3.63, 3.8) is 0 Å². The zero-order valence-corrected chi connectivity index (χ0v) is 33.3. The van der Waals surface area contributed by atoms with Gasteiger partial charge in [0.2, 0.25) is 6.40 Å². The van der Waals surface area contributed by atoms with E-state index in [1.54, 1.807) is 37.4 Å². The maximum Gasteiger partial charge on any atom is 0.245 e. The van der Waals surface area contributed by atoms with Crippen LogP contribution in [-0.2, 0) is 16.3 Å². The summed E-state index contributed by atoms with van der Waals surface area (Å²) in [4.78, 5) is 13.1. The van der Waals surface area contributed by atoms with E-state index in [4.69, 9.17) is 9.68 Å². The van der Waals surface area contributed by atoms with Crippen molar-refractivity contribution in [2.75, 3.05) is 17.4 Å². The number of aromatic hydroxyl groups is 1. The van der Waals surface area contributed by atoms with Gasteiger partial charge < -0.3 is 19.7 Å². The van der Waals surface area contributed by atoms with Crippen molar-refractivity contribution in [2.45, 2.75) is 6.61 Å². The minimum absolute atomic E-state index is 0.0345. The molecule has 0 saturated heterocycles. The molecule has 0 aromatic heterocycles. The van der Waals surface area contributed by atoms with Crippen LogP contribution in [0.2, 0.25) is 0 Å².